The Hall–Kier alpha value is -0.0800. The minimum Gasteiger partial charge on any atom is -0.304 e. The molecule has 2 rings (SSSR count). The van der Waals surface area contributed by atoms with Crippen LogP contribution < -0.4 is 0 Å². The first-order valence-electron chi connectivity index (χ1n) is 6.42. The van der Waals surface area contributed by atoms with E-state index in [-0.39, 0.29) is 0 Å². The van der Waals surface area contributed by atoms with Gasteiger partial charge in [0.1, 0.15) is 0 Å². The molecule has 3 atom stereocenters. The number of nitrogens with zero attached hydrogens (tertiary/aromatic N) is 2. The standard InChI is InChI=1S/C13H25N2/c1-11-4-5-12(2)13(10-11)15-8-6-14(3)7-9-15/h11-13H,1,4-10H2,2-3H3. The maximum absolute atomic E-state index is 4.25. The smallest absolute Gasteiger partial charge is 0.0125 e. The summed E-state index contributed by atoms with van der Waals surface area (Å²) in [5, 5.41) is 0. The van der Waals surface area contributed by atoms with Crippen LogP contribution >= 0.6 is 0 Å². The molecule has 2 fully saturated rings. The lowest BCUT2D eigenvalue weighted by Gasteiger charge is -2.44. The van der Waals surface area contributed by atoms with Gasteiger partial charge in [0.25, 0.3) is 0 Å². The number of hydrogen-bond acceptors (Lipinski definition) is 2. The minimum atomic E-state index is 0.700. The van der Waals surface area contributed by atoms with Crippen molar-refractivity contribution in [1.29, 1.82) is 0 Å². The summed E-state index contributed by atoms with van der Waals surface area (Å²) in [6.07, 6.45) is 4.04. The van der Waals surface area contributed by atoms with Crippen LogP contribution in [0, 0.1) is 18.8 Å². The molecule has 1 aliphatic heterocycles. The maximum atomic E-state index is 4.25. The average Bonchev–Trinajstić information content (AvgIpc) is 2.23. The van der Waals surface area contributed by atoms with Gasteiger partial charge in [-0.15, -0.1) is 0 Å². The predicted molar refractivity (Wildman–Crippen MR) is 64.7 cm³/mol. The summed E-state index contributed by atoms with van der Waals surface area (Å²) in [6, 6.07) is 0.815. The van der Waals surface area contributed by atoms with Gasteiger partial charge in [0.15, 0.2) is 0 Å². The first-order valence-corrected chi connectivity index (χ1v) is 6.42. The highest BCUT2D eigenvalue weighted by atomic mass is 15.3. The first-order chi connectivity index (χ1) is 7.16. The zero-order valence-electron chi connectivity index (χ0n) is 10.3. The second-order valence-corrected chi connectivity index (χ2v) is 5.56. The van der Waals surface area contributed by atoms with Crippen molar-refractivity contribution in [3.8, 4) is 0 Å². The summed E-state index contributed by atoms with van der Waals surface area (Å²) in [5.41, 5.74) is 0. The zero-order chi connectivity index (χ0) is 10.8. The first kappa shape index (κ1) is 11.4. The minimum absolute atomic E-state index is 0.700. The fourth-order valence-corrected chi connectivity index (χ4v) is 3.05. The molecular formula is C13H25N2. The van der Waals surface area contributed by atoms with Gasteiger partial charge >= 0.3 is 0 Å². The molecule has 3 unspecified atom stereocenters. The Morgan fingerprint density at radius 2 is 1.73 bits per heavy atom. The van der Waals surface area contributed by atoms with Crippen LogP contribution in [0.15, 0.2) is 0 Å². The normalized spacial score (nSPS) is 40.6. The quantitative estimate of drug-likeness (QED) is 0.650. The third kappa shape index (κ3) is 2.73. The Balaban J connectivity index is 1.90. The molecule has 1 saturated heterocycles. The van der Waals surface area contributed by atoms with Gasteiger partial charge in [-0.05, 0) is 31.7 Å². The molecule has 87 valence electrons. The summed E-state index contributed by atoms with van der Waals surface area (Å²) < 4.78 is 0. The molecule has 1 heterocycles. The maximum Gasteiger partial charge on any atom is 0.0125 e. The van der Waals surface area contributed by atoms with Crippen LogP contribution in [0.2, 0.25) is 0 Å². The monoisotopic (exact) mass is 209 g/mol. The highest BCUT2D eigenvalue weighted by Crippen LogP contribution is 2.31. The van der Waals surface area contributed by atoms with E-state index < -0.39 is 0 Å². The SMILES string of the molecule is [CH2]C1CCC(C)C(N2CCN(C)CC2)C1. The van der Waals surface area contributed by atoms with Gasteiger partial charge < -0.3 is 4.90 Å². The summed E-state index contributed by atoms with van der Waals surface area (Å²) in [6.45, 7) is 11.7. The summed E-state index contributed by atoms with van der Waals surface area (Å²) in [5.74, 6) is 1.58. The van der Waals surface area contributed by atoms with Crippen LogP contribution in [0.3, 0.4) is 0 Å². The molecule has 0 aromatic rings. The largest absolute Gasteiger partial charge is 0.304 e. The van der Waals surface area contributed by atoms with Gasteiger partial charge in [-0.3, -0.25) is 4.90 Å². The molecule has 1 aliphatic carbocycles. The van der Waals surface area contributed by atoms with Crippen LogP contribution in [0.1, 0.15) is 26.2 Å². The van der Waals surface area contributed by atoms with Gasteiger partial charge in [0.2, 0.25) is 0 Å². The molecule has 0 aromatic heterocycles. The van der Waals surface area contributed by atoms with E-state index in [1.54, 1.807) is 0 Å². The lowest BCUT2D eigenvalue weighted by Crippen LogP contribution is -2.52. The zero-order valence-corrected chi connectivity index (χ0v) is 10.3. The molecule has 15 heavy (non-hydrogen) atoms. The van der Waals surface area contributed by atoms with Crippen molar-refractivity contribution < 1.29 is 0 Å². The number of likely N-dealkylation sites (N-methyl/N-ethyl adjacent to an activating group) is 1. The lowest BCUT2D eigenvalue weighted by molar-refractivity contribution is 0.0538. The fraction of sp³-hybridized carbons (Fsp3) is 0.923. The highest BCUT2D eigenvalue weighted by molar-refractivity contribution is 4.87. The van der Waals surface area contributed by atoms with E-state index in [4.69, 9.17) is 0 Å². The highest BCUT2D eigenvalue weighted by Gasteiger charge is 2.31. The summed E-state index contributed by atoms with van der Waals surface area (Å²) in [7, 11) is 2.23. The third-order valence-corrected chi connectivity index (χ3v) is 4.27. The van der Waals surface area contributed by atoms with Crippen molar-refractivity contribution in [2.24, 2.45) is 11.8 Å². The molecule has 0 amide bonds. The molecule has 0 aromatic carbocycles. The van der Waals surface area contributed by atoms with Gasteiger partial charge in [0, 0.05) is 32.2 Å². The van der Waals surface area contributed by atoms with Crippen molar-refractivity contribution in [2.75, 3.05) is 33.2 Å². The van der Waals surface area contributed by atoms with Crippen molar-refractivity contribution in [1.82, 2.24) is 9.80 Å². The van der Waals surface area contributed by atoms with E-state index >= 15 is 0 Å². The van der Waals surface area contributed by atoms with Crippen LogP contribution in [0.5, 0.6) is 0 Å². The van der Waals surface area contributed by atoms with E-state index in [1.807, 2.05) is 0 Å². The molecule has 0 N–H and O–H groups in total. The van der Waals surface area contributed by atoms with Gasteiger partial charge in [0.05, 0.1) is 0 Å². The Kier molecular flexibility index (Phi) is 3.68. The van der Waals surface area contributed by atoms with E-state index in [1.165, 1.54) is 45.4 Å². The van der Waals surface area contributed by atoms with Gasteiger partial charge in [-0.2, -0.15) is 0 Å². The third-order valence-electron chi connectivity index (χ3n) is 4.27. The Morgan fingerprint density at radius 1 is 1.07 bits per heavy atom. The van der Waals surface area contributed by atoms with Crippen LogP contribution in [0.4, 0.5) is 0 Å². The number of rotatable bonds is 1. The Labute approximate surface area is 94.6 Å². The molecular weight excluding hydrogens is 184 g/mol. The predicted octanol–water partition coefficient (Wildman–Crippen LogP) is 1.87. The van der Waals surface area contributed by atoms with Crippen LogP contribution in [0.25, 0.3) is 0 Å². The van der Waals surface area contributed by atoms with Crippen molar-refractivity contribution >= 4 is 0 Å². The number of piperazine rings is 1. The fourth-order valence-electron chi connectivity index (χ4n) is 3.05. The van der Waals surface area contributed by atoms with Gasteiger partial charge in [-0.25, -0.2) is 0 Å². The molecule has 1 radical (unpaired) electrons. The Bertz CT molecular complexity index is 197. The van der Waals surface area contributed by atoms with Crippen LogP contribution in [-0.2, 0) is 0 Å². The second-order valence-electron chi connectivity index (χ2n) is 5.56. The molecule has 2 aliphatic rings. The van der Waals surface area contributed by atoms with E-state index in [0.717, 1.165) is 12.0 Å². The van der Waals surface area contributed by atoms with Crippen molar-refractivity contribution in [2.45, 2.75) is 32.2 Å². The number of hydrogen-bond donors (Lipinski definition) is 0. The second kappa shape index (κ2) is 4.84. The average molecular weight is 209 g/mol. The lowest BCUT2D eigenvalue weighted by atomic mass is 9.79. The summed E-state index contributed by atoms with van der Waals surface area (Å²) in [4.78, 5) is 5.15. The topological polar surface area (TPSA) is 6.48 Å². The van der Waals surface area contributed by atoms with Gasteiger partial charge in [-0.1, -0.05) is 20.3 Å². The van der Waals surface area contributed by atoms with Crippen molar-refractivity contribution in [3.05, 3.63) is 6.92 Å². The van der Waals surface area contributed by atoms with E-state index in [2.05, 4.69) is 30.7 Å². The van der Waals surface area contributed by atoms with E-state index in [9.17, 15) is 0 Å². The van der Waals surface area contributed by atoms with Crippen LogP contribution in [-0.4, -0.2) is 49.1 Å². The Morgan fingerprint density at radius 3 is 2.40 bits per heavy atom. The molecule has 0 spiro atoms. The molecule has 2 nitrogen and oxygen atoms in total. The molecule has 0 bridgehead atoms. The summed E-state index contributed by atoms with van der Waals surface area (Å²) >= 11 is 0. The molecule has 1 saturated carbocycles. The van der Waals surface area contributed by atoms with Crippen molar-refractivity contribution in [3.63, 3.8) is 0 Å². The van der Waals surface area contributed by atoms with E-state index in [0.29, 0.717) is 5.92 Å². The molecule has 2 heteroatoms.